The second-order valence-corrected chi connectivity index (χ2v) is 14.1. The van der Waals surface area contributed by atoms with Crippen molar-refractivity contribution in [2.24, 2.45) is 5.92 Å². The number of hydrogen-bond donors (Lipinski definition) is 3. The predicted molar refractivity (Wildman–Crippen MR) is 175 cm³/mol. The van der Waals surface area contributed by atoms with Crippen molar-refractivity contribution in [3.8, 4) is 11.6 Å². The van der Waals surface area contributed by atoms with E-state index in [0.717, 1.165) is 60.7 Å². The number of nitrogens with zero attached hydrogens (tertiary/aromatic N) is 2. The number of allylic oxidation sites excluding steroid dienone is 1. The predicted octanol–water partition coefficient (Wildman–Crippen LogP) is 4.87. The number of fused-ring (bicyclic) bond motifs is 3. The molecule has 5 atom stereocenters. The molecule has 2 aliphatic carbocycles. The van der Waals surface area contributed by atoms with E-state index in [4.69, 9.17) is 14.2 Å². The van der Waals surface area contributed by atoms with Crippen LogP contribution in [0.3, 0.4) is 0 Å². The normalized spacial score (nSPS) is 29.2. The summed E-state index contributed by atoms with van der Waals surface area (Å²) in [6, 6.07) is 0.311. The minimum Gasteiger partial charge on any atom is -0.487 e. The molecule has 4 aliphatic rings. The Labute approximate surface area is 278 Å². The molecule has 3 fully saturated rings. The molecular formula is C34H44N4O8S. The molecule has 4 heterocycles. The Kier molecular flexibility index (Phi) is 9.90. The second kappa shape index (κ2) is 14.1. The fraction of sp³-hybridized carbons (Fsp3) is 0.618. The van der Waals surface area contributed by atoms with E-state index in [2.05, 4.69) is 15.6 Å². The highest BCUT2D eigenvalue weighted by molar-refractivity contribution is 7.17. The molecule has 0 radical (unpaired) electrons. The zero-order valence-electron chi connectivity index (χ0n) is 27.0. The summed E-state index contributed by atoms with van der Waals surface area (Å²) in [5.41, 5.74) is 0.363. The summed E-state index contributed by atoms with van der Waals surface area (Å²) in [4.78, 5) is 59.2. The molecule has 0 aromatic carbocycles. The number of amides is 3. The molecular weight excluding hydrogens is 624 g/mol. The van der Waals surface area contributed by atoms with Gasteiger partial charge in [-0.3, -0.25) is 9.59 Å². The van der Waals surface area contributed by atoms with Gasteiger partial charge in [0.15, 0.2) is 0 Å². The van der Waals surface area contributed by atoms with Crippen molar-refractivity contribution in [1.29, 1.82) is 0 Å². The number of rotatable bonds is 7. The highest BCUT2D eigenvalue weighted by Crippen LogP contribution is 2.45. The SMILES string of the molecule is CCOc1cc(O[C@@H]2C[C@H]3C(=O)N[C@]4(C(=O)O)C[C@@H]4/C=C\CCCC[C@H](NC(=O)OC4CCCC4)CC(=O)N3C2)c2scc(C)c2n1. The fourth-order valence-corrected chi connectivity index (χ4v) is 8.01. The first-order valence-electron chi connectivity index (χ1n) is 16.8. The maximum absolute atomic E-state index is 14.0. The average molecular weight is 669 g/mol. The molecule has 0 bridgehead atoms. The van der Waals surface area contributed by atoms with Crippen molar-refractivity contribution in [3.05, 3.63) is 29.2 Å². The average Bonchev–Trinajstić information content (AvgIpc) is 3.40. The Hall–Kier alpha value is -3.87. The number of carbonyl (C=O) groups excluding carboxylic acids is 3. The van der Waals surface area contributed by atoms with Gasteiger partial charge in [0.2, 0.25) is 17.7 Å². The third-order valence-corrected chi connectivity index (χ3v) is 10.8. The van der Waals surface area contributed by atoms with Gasteiger partial charge in [0.25, 0.3) is 0 Å². The van der Waals surface area contributed by atoms with Crippen LogP contribution in [-0.2, 0) is 19.1 Å². The summed E-state index contributed by atoms with van der Waals surface area (Å²) in [5.74, 6) is -1.27. The molecule has 47 heavy (non-hydrogen) atoms. The van der Waals surface area contributed by atoms with Gasteiger partial charge in [0, 0.05) is 30.9 Å². The van der Waals surface area contributed by atoms with Crippen molar-refractivity contribution in [2.75, 3.05) is 13.2 Å². The van der Waals surface area contributed by atoms with Gasteiger partial charge in [-0.15, -0.1) is 11.3 Å². The van der Waals surface area contributed by atoms with Crippen LogP contribution in [0.4, 0.5) is 4.79 Å². The lowest BCUT2D eigenvalue weighted by Crippen LogP contribution is -2.53. The minimum atomic E-state index is -1.40. The first-order chi connectivity index (χ1) is 22.7. The number of pyridine rings is 1. The maximum atomic E-state index is 14.0. The number of aromatic nitrogens is 1. The Morgan fingerprint density at radius 3 is 2.72 bits per heavy atom. The van der Waals surface area contributed by atoms with Crippen LogP contribution >= 0.6 is 11.3 Å². The summed E-state index contributed by atoms with van der Waals surface area (Å²) in [7, 11) is 0. The first-order valence-corrected chi connectivity index (χ1v) is 17.7. The molecule has 12 nitrogen and oxygen atoms in total. The smallest absolute Gasteiger partial charge is 0.407 e. The van der Waals surface area contributed by atoms with Crippen LogP contribution in [0.25, 0.3) is 10.2 Å². The Morgan fingerprint density at radius 1 is 1.17 bits per heavy atom. The summed E-state index contributed by atoms with van der Waals surface area (Å²) in [6.45, 7) is 4.39. The summed E-state index contributed by atoms with van der Waals surface area (Å²) in [6.07, 6.45) is 9.74. The van der Waals surface area contributed by atoms with Gasteiger partial charge in [-0.05, 0) is 76.2 Å². The van der Waals surface area contributed by atoms with Crippen LogP contribution in [0.5, 0.6) is 11.6 Å². The van der Waals surface area contributed by atoms with Gasteiger partial charge >= 0.3 is 12.1 Å². The van der Waals surface area contributed by atoms with Crippen LogP contribution in [0, 0.1) is 12.8 Å². The second-order valence-electron chi connectivity index (χ2n) is 13.2. The fourth-order valence-electron chi connectivity index (χ4n) is 7.06. The lowest BCUT2D eigenvalue weighted by molar-refractivity contribution is -0.145. The molecule has 0 unspecified atom stereocenters. The number of carboxylic acid groups (broad SMARTS) is 1. The van der Waals surface area contributed by atoms with Crippen LogP contribution in [-0.4, -0.2) is 81.8 Å². The van der Waals surface area contributed by atoms with Crippen molar-refractivity contribution in [1.82, 2.24) is 20.5 Å². The number of aryl methyl sites for hydroxylation is 1. The van der Waals surface area contributed by atoms with Gasteiger partial charge < -0.3 is 34.9 Å². The zero-order chi connectivity index (χ0) is 33.1. The van der Waals surface area contributed by atoms with Crippen LogP contribution in [0.1, 0.15) is 83.1 Å². The number of thiophene rings is 1. The number of carbonyl (C=O) groups is 4. The molecule has 13 heteroatoms. The van der Waals surface area contributed by atoms with Gasteiger partial charge in [-0.1, -0.05) is 18.6 Å². The number of carboxylic acids is 1. The quantitative estimate of drug-likeness (QED) is 0.351. The van der Waals surface area contributed by atoms with Crippen molar-refractivity contribution >= 4 is 45.4 Å². The van der Waals surface area contributed by atoms with E-state index in [1.807, 2.05) is 31.4 Å². The lowest BCUT2D eigenvalue weighted by Gasteiger charge is -2.27. The third-order valence-electron chi connectivity index (χ3n) is 9.72. The van der Waals surface area contributed by atoms with E-state index in [-0.39, 0.29) is 37.3 Å². The molecule has 254 valence electrons. The van der Waals surface area contributed by atoms with Crippen LogP contribution < -0.4 is 20.1 Å². The van der Waals surface area contributed by atoms with Gasteiger partial charge in [0.1, 0.15) is 29.5 Å². The van der Waals surface area contributed by atoms with Gasteiger partial charge in [-0.25, -0.2) is 14.6 Å². The first kappa shape index (κ1) is 33.0. The Balaban J connectivity index is 1.25. The monoisotopic (exact) mass is 668 g/mol. The van der Waals surface area contributed by atoms with Crippen molar-refractivity contribution in [3.63, 3.8) is 0 Å². The number of hydrogen-bond acceptors (Lipinski definition) is 9. The maximum Gasteiger partial charge on any atom is 0.407 e. The van der Waals surface area contributed by atoms with E-state index in [1.54, 1.807) is 6.07 Å². The zero-order valence-corrected chi connectivity index (χ0v) is 27.8. The topological polar surface area (TPSA) is 156 Å². The lowest BCUT2D eigenvalue weighted by atomic mass is 10.0. The molecule has 6 rings (SSSR count). The highest BCUT2D eigenvalue weighted by Gasteiger charge is 2.61. The number of alkyl carbamates (subject to hydrolysis) is 1. The molecule has 1 saturated heterocycles. The molecule has 2 aliphatic heterocycles. The number of nitrogens with one attached hydrogen (secondary N) is 2. The van der Waals surface area contributed by atoms with Crippen LogP contribution in [0.2, 0.25) is 0 Å². The molecule has 3 amide bonds. The summed E-state index contributed by atoms with van der Waals surface area (Å²) >= 11 is 1.50. The van der Waals surface area contributed by atoms with Crippen molar-refractivity contribution in [2.45, 2.75) is 114 Å². The molecule has 2 aromatic heterocycles. The van der Waals surface area contributed by atoms with Crippen molar-refractivity contribution < 1.29 is 38.5 Å². The largest absolute Gasteiger partial charge is 0.487 e. The van der Waals surface area contributed by atoms with E-state index < -0.39 is 41.7 Å². The van der Waals surface area contributed by atoms with Crippen LogP contribution in [0.15, 0.2) is 23.6 Å². The van der Waals surface area contributed by atoms with E-state index in [9.17, 15) is 24.3 Å². The number of aliphatic carboxylic acids is 1. The summed E-state index contributed by atoms with van der Waals surface area (Å²) in [5, 5.41) is 17.8. The van der Waals surface area contributed by atoms with E-state index in [1.165, 1.54) is 16.2 Å². The molecule has 3 N–H and O–H groups in total. The Morgan fingerprint density at radius 2 is 1.96 bits per heavy atom. The number of ether oxygens (including phenoxy) is 3. The molecule has 2 saturated carbocycles. The van der Waals surface area contributed by atoms with Gasteiger partial charge in [0.05, 0.1) is 23.4 Å². The highest BCUT2D eigenvalue weighted by atomic mass is 32.1. The van der Waals surface area contributed by atoms with E-state index >= 15 is 0 Å². The molecule has 0 spiro atoms. The summed E-state index contributed by atoms with van der Waals surface area (Å²) < 4.78 is 18.7. The minimum absolute atomic E-state index is 0.0170. The standard InChI is InChI=1S/C34H44N4O8S/c1-3-44-27-16-26(30-29(36-27)20(2)19-47-30)45-24-15-25-31(40)37-34(32(41)42)17-21(34)10-6-4-5-7-11-22(14-28(39)38(25)18-24)35-33(43)46-23-12-8-9-13-23/h6,10,16,19,21-25H,3-5,7-9,11-15,17-18H2,1-2H3,(H,35,43)(H,37,40)(H,41,42)/b10-6-/t21-,22-,24+,25-,34+/m0/s1. The molecule has 2 aromatic rings. The Bertz CT molecular complexity index is 1540. The van der Waals surface area contributed by atoms with Gasteiger partial charge in [-0.2, -0.15) is 0 Å². The van der Waals surface area contributed by atoms with E-state index in [0.29, 0.717) is 31.1 Å². The third kappa shape index (κ3) is 7.34.